The van der Waals surface area contributed by atoms with E-state index in [1.165, 1.54) is 24.3 Å². The minimum absolute atomic E-state index is 0.261. The van der Waals surface area contributed by atoms with Crippen molar-refractivity contribution in [2.24, 2.45) is 0 Å². The average molecular weight is 236 g/mol. The number of halogens is 1. The quantitative estimate of drug-likeness (QED) is 0.654. The van der Waals surface area contributed by atoms with Crippen LogP contribution in [0.1, 0.15) is 5.76 Å². The molecule has 0 aliphatic carbocycles. The number of hydrogen-bond donors (Lipinski definition) is 1. The van der Waals surface area contributed by atoms with Gasteiger partial charge >= 0.3 is 5.88 Å². The third-order valence-corrected chi connectivity index (χ3v) is 2.12. The number of anilines is 1. The maximum absolute atomic E-state index is 12.9. The summed E-state index contributed by atoms with van der Waals surface area (Å²) in [7, 11) is 0. The van der Waals surface area contributed by atoms with Gasteiger partial charge in [-0.3, -0.25) is 10.1 Å². The molecular weight excluding hydrogens is 227 g/mol. The minimum Gasteiger partial charge on any atom is -0.404 e. The normalized spacial score (nSPS) is 10.2. The Morgan fingerprint density at radius 3 is 2.82 bits per heavy atom. The van der Waals surface area contributed by atoms with E-state index in [1.807, 2.05) is 0 Å². The molecule has 0 saturated heterocycles. The lowest BCUT2D eigenvalue weighted by Gasteiger charge is -2.03. The van der Waals surface area contributed by atoms with Crippen LogP contribution in [0.25, 0.3) is 0 Å². The fourth-order valence-corrected chi connectivity index (χ4v) is 1.35. The minimum atomic E-state index is -0.605. The van der Waals surface area contributed by atoms with E-state index < -0.39 is 4.92 Å². The summed E-state index contributed by atoms with van der Waals surface area (Å²) in [5.41, 5.74) is 0.587. The van der Waals surface area contributed by atoms with Gasteiger partial charge in [-0.05, 0) is 24.3 Å². The Hall–Kier alpha value is -2.37. The molecule has 1 heterocycles. The molecule has 88 valence electrons. The van der Waals surface area contributed by atoms with Crippen molar-refractivity contribution in [3.05, 3.63) is 58.1 Å². The Morgan fingerprint density at radius 1 is 1.35 bits per heavy atom. The highest BCUT2D eigenvalue weighted by Crippen LogP contribution is 2.17. The van der Waals surface area contributed by atoms with Crippen LogP contribution in [0, 0.1) is 15.9 Å². The van der Waals surface area contributed by atoms with Crippen LogP contribution in [0.4, 0.5) is 16.0 Å². The summed E-state index contributed by atoms with van der Waals surface area (Å²) in [4.78, 5) is 9.77. The van der Waals surface area contributed by atoms with Crippen molar-refractivity contribution in [2.45, 2.75) is 6.54 Å². The molecule has 0 bridgehead atoms. The van der Waals surface area contributed by atoms with Crippen LogP contribution in [0.15, 0.2) is 40.8 Å². The zero-order chi connectivity index (χ0) is 12.3. The Bertz CT molecular complexity index is 539. The highest BCUT2D eigenvalue weighted by atomic mass is 19.1. The van der Waals surface area contributed by atoms with Crippen LogP contribution in [-0.2, 0) is 6.54 Å². The van der Waals surface area contributed by atoms with Gasteiger partial charge < -0.3 is 9.73 Å². The van der Waals surface area contributed by atoms with Gasteiger partial charge in [0.25, 0.3) is 0 Å². The first-order valence-electron chi connectivity index (χ1n) is 4.88. The molecule has 1 aromatic carbocycles. The predicted octanol–water partition coefficient (Wildman–Crippen LogP) is 2.94. The van der Waals surface area contributed by atoms with Crippen molar-refractivity contribution >= 4 is 11.6 Å². The van der Waals surface area contributed by atoms with Gasteiger partial charge in [-0.15, -0.1) is 0 Å². The lowest BCUT2D eigenvalue weighted by Crippen LogP contribution is -1.98. The fraction of sp³-hybridized carbons (Fsp3) is 0.0909. The molecule has 0 radical (unpaired) electrons. The number of nitrogens with zero attached hydrogens (tertiary/aromatic N) is 1. The van der Waals surface area contributed by atoms with Crippen LogP contribution < -0.4 is 5.32 Å². The number of nitrogens with one attached hydrogen (secondary N) is 1. The molecule has 1 N–H and O–H groups in total. The molecule has 2 aromatic rings. The zero-order valence-electron chi connectivity index (χ0n) is 8.72. The third-order valence-electron chi connectivity index (χ3n) is 2.12. The Balaban J connectivity index is 2.00. The molecule has 2 rings (SSSR count). The van der Waals surface area contributed by atoms with Gasteiger partial charge in [-0.2, -0.15) is 0 Å². The summed E-state index contributed by atoms with van der Waals surface area (Å²) < 4.78 is 17.8. The first-order valence-corrected chi connectivity index (χ1v) is 4.88. The van der Waals surface area contributed by atoms with E-state index in [9.17, 15) is 14.5 Å². The van der Waals surface area contributed by atoms with Gasteiger partial charge in [0.05, 0.1) is 12.6 Å². The highest BCUT2D eigenvalue weighted by Gasteiger charge is 2.11. The zero-order valence-corrected chi connectivity index (χ0v) is 8.72. The van der Waals surface area contributed by atoms with Gasteiger partial charge in [-0.25, -0.2) is 4.39 Å². The Morgan fingerprint density at radius 2 is 2.18 bits per heavy atom. The van der Waals surface area contributed by atoms with E-state index in [0.29, 0.717) is 11.4 Å². The molecule has 0 unspecified atom stereocenters. The van der Waals surface area contributed by atoms with Crippen molar-refractivity contribution < 1.29 is 13.7 Å². The standard InChI is InChI=1S/C11H9FN2O3/c12-8-2-1-3-9(6-8)13-7-10-4-5-11(17-10)14(15)16/h1-6,13H,7H2. The van der Waals surface area contributed by atoms with Crippen molar-refractivity contribution in [3.63, 3.8) is 0 Å². The van der Waals surface area contributed by atoms with Crippen LogP contribution in [0.5, 0.6) is 0 Å². The SMILES string of the molecule is O=[N+]([O-])c1ccc(CNc2cccc(F)c2)o1. The Kier molecular flexibility index (Phi) is 3.04. The molecule has 0 atom stereocenters. The summed E-state index contributed by atoms with van der Waals surface area (Å²) in [6.07, 6.45) is 0. The van der Waals surface area contributed by atoms with Gasteiger partial charge in [0, 0.05) is 5.69 Å². The van der Waals surface area contributed by atoms with Gasteiger partial charge in [0.1, 0.15) is 16.5 Å². The van der Waals surface area contributed by atoms with E-state index in [1.54, 1.807) is 12.1 Å². The molecule has 0 aliphatic heterocycles. The van der Waals surface area contributed by atoms with E-state index in [4.69, 9.17) is 4.42 Å². The lowest BCUT2D eigenvalue weighted by molar-refractivity contribution is -0.402. The first-order chi connectivity index (χ1) is 8.15. The second-order valence-corrected chi connectivity index (χ2v) is 3.36. The lowest BCUT2D eigenvalue weighted by atomic mass is 10.3. The van der Waals surface area contributed by atoms with Crippen molar-refractivity contribution in [1.82, 2.24) is 0 Å². The predicted molar refractivity (Wildman–Crippen MR) is 59.1 cm³/mol. The number of hydrogen-bond acceptors (Lipinski definition) is 4. The second kappa shape index (κ2) is 4.65. The van der Waals surface area contributed by atoms with Gasteiger partial charge in [-0.1, -0.05) is 6.07 Å². The smallest absolute Gasteiger partial charge is 0.404 e. The molecule has 0 amide bonds. The van der Waals surface area contributed by atoms with Crippen LogP contribution in [0.3, 0.4) is 0 Å². The molecular formula is C11H9FN2O3. The largest absolute Gasteiger partial charge is 0.433 e. The van der Waals surface area contributed by atoms with E-state index in [-0.39, 0.29) is 18.2 Å². The second-order valence-electron chi connectivity index (χ2n) is 3.36. The number of nitro groups is 1. The number of furan rings is 1. The van der Waals surface area contributed by atoms with Gasteiger partial charge in [0.15, 0.2) is 0 Å². The maximum atomic E-state index is 12.9. The average Bonchev–Trinajstić information content (AvgIpc) is 2.75. The molecule has 0 saturated carbocycles. The molecule has 5 nitrogen and oxygen atoms in total. The number of rotatable bonds is 4. The molecule has 1 aromatic heterocycles. The first kappa shape index (κ1) is 11.1. The monoisotopic (exact) mass is 236 g/mol. The summed E-state index contributed by atoms with van der Waals surface area (Å²) in [6, 6.07) is 8.72. The van der Waals surface area contributed by atoms with E-state index >= 15 is 0 Å². The van der Waals surface area contributed by atoms with Gasteiger partial charge in [0.2, 0.25) is 0 Å². The summed E-state index contributed by atoms with van der Waals surface area (Å²) >= 11 is 0. The fourth-order valence-electron chi connectivity index (χ4n) is 1.35. The molecule has 0 spiro atoms. The number of benzene rings is 1. The van der Waals surface area contributed by atoms with Crippen molar-refractivity contribution in [2.75, 3.05) is 5.32 Å². The van der Waals surface area contributed by atoms with E-state index in [0.717, 1.165) is 0 Å². The van der Waals surface area contributed by atoms with Crippen LogP contribution in [-0.4, -0.2) is 4.92 Å². The maximum Gasteiger partial charge on any atom is 0.433 e. The third kappa shape index (κ3) is 2.81. The topological polar surface area (TPSA) is 68.3 Å². The molecule has 6 heteroatoms. The van der Waals surface area contributed by atoms with Crippen molar-refractivity contribution in [1.29, 1.82) is 0 Å². The molecule has 17 heavy (non-hydrogen) atoms. The highest BCUT2D eigenvalue weighted by molar-refractivity contribution is 5.43. The van der Waals surface area contributed by atoms with Crippen LogP contribution in [0.2, 0.25) is 0 Å². The van der Waals surface area contributed by atoms with E-state index in [2.05, 4.69) is 5.32 Å². The summed E-state index contributed by atoms with van der Waals surface area (Å²) in [5, 5.41) is 13.3. The van der Waals surface area contributed by atoms with Crippen LogP contribution >= 0.6 is 0 Å². The summed E-state index contributed by atoms with van der Waals surface area (Å²) in [5.74, 6) is -0.234. The van der Waals surface area contributed by atoms with Crippen molar-refractivity contribution in [3.8, 4) is 0 Å². The Labute approximate surface area is 96.0 Å². The molecule has 0 fully saturated rings. The summed E-state index contributed by atoms with van der Waals surface area (Å²) in [6.45, 7) is 0.261. The molecule has 0 aliphatic rings.